The Morgan fingerprint density at radius 2 is 2.24 bits per heavy atom. The Morgan fingerprint density at radius 1 is 1.53 bits per heavy atom. The van der Waals surface area contributed by atoms with E-state index in [2.05, 4.69) is 0 Å². The van der Waals surface area contributed by atoms with E-state index < -0.39 is 0 Å². The van der Waals surface area contributed by atoms with Gasteiger partial charge in [-0.2, -0.15) is 0 Å². The van der Waals surface area contributed by atoms with Gasteiger partial charge in [0.05, 0.1) is 6.61 Å². The van der Waals surface area contributed by atoms with Crippen LogP contribution in [0.25, 0.3) is 0 Å². The Bertz CT molecular complexity index is 379. The summed E-state index contributed by atoms with van der Waals surface area (Å²) < 4.78 is 5.37. The van der Waals surface area contributed by atoms with Crippen molar-refractivity contribution >= 4 is 5.91 Å². The van der Waals surface area contributed by atoms with Crippen LogP contribution in [0.15, 0.2) is 24.3 Å². The third-order valence-corrected chi connectivity index (χ3v) is 2.71. The summed E-state index contributed by atoms with van der Waals surface area (Å²) in [6.45, 7) is 4.88. The van der Waals surface area contributed by atoms with Gasteiger partial charge in [-0.15, -0.1) is 0 Å². The molecule has 0 saturated heterocycles. The minimum Gasteiger partial charge on any atom is -0.494 e. The molecule has 94 valence electrons. The molecule has 0 aromatic heterocycles. The number of ether oxygens (including phenoxy) is 1. The molecule has 1 rings (SSSR count). The van der Waals surface area contributed by atoms with Crippen molar-refractivity contribution in [3.05, 3.63) is 29.8 Å². The van der Waals surface area contributed by atoms with Crippen molar-refractivity contribution in [2.75, 3.05) is 20.2 Å². The first-order valence-electron chi connectivity index (χ1n) is 5.80. The van der Waals surface area contributed by atoms with E-state index in [0.29, 0.717) is 24.5 Å². The summed E-state index contributed by atoms with van der Waals surface area (Å²) in [4.78, 5) is 13.8. The van der Waals surface area contributed by atoms with Crippen LogP contribution in [0.5, 0.6) is 5.75 Å². The second-order valence-corrected chi connectivity index (χ2v) is 3.96. The number of carbonyl (C=O) groups is 1. The molecular formula is C13H20N2O2. The van der Waals surface area contributed by atoms with Crippen molar-refractivity contribution in [1.29, 1.82) is 0 Å². The Balaban J connectivity index is 2.84. The predicted octanol–water partition coefficient (Wildman–Crippen LogP) is 1.50. The topological polar surface area (TPSA) is 55.6 Å². The minimum atomic E-state index is -0.0375. The molecule has 1 unspecified atom stereocenters. The zero-order chi connectivity index (χ0) is 12.8. The van der Waals surface area contributed by atoms with E-state index >= 15 is 0 Å². The molecule has 17 heavy (non-hydrogen) atoms. The molecule has 0 heterocycles. The summed E-state index contributed by atoms with van der Waals surface area (Å²) in [6.07, 6.45) is 0. The van der Waals surface area contributed by atoms with Crippen molar-refractivity contribution in [3.63, 3.8) is 0 Å². The molecular weight excluding hydrogens is 216 g/mol. The third kappa shape index (κ3) is 3.46. The first-order chi connectivity index (χ1) is 8.10. The molecule has 4 nitrogen and oxygen atoms in total. The zero-order valence-corrected chi connectivity index (χ0v) is 10.6. The molecule has 0 bridgehead atoms. The van der Waals surface area contributed by atoms with Crippen LogP contribution in [0.4, 0.5) is 0 Å². The van der Waals surface area contributed by atoms with Crippen molar-refractivity contribution in [2.24, 2.45) is 5.73 Å². The van der Waals surface area contributed by atoms with E-state index in [1.54, 1.807) is 24.1 Å². The predicted molar refractivity (Wildman–Crippen MR) is 68.2 cm³/mol. The van der Waals surface area contributed by atoms with Gasteiger partial charge in [-0.05, 0) is 32.0 Å². The van der Waals surface area contributed by atoms with E-state index in [0.717, 1.165) is 0 Å². The molecule has 2 N–H and O–H groups in total. The smallest absolute Gasteiger partial charge is 0.254 e. The summed E-state index contributed by atoms with van der Waals surface area (Å²) in [5, 5.41) is 0. The van der Waals surface area contributed by atoms with Gasteiger partial charge in [-0.1, -0.05) is 6.07 Å². The lowest BCUT2D eigenvalue weighted by Crippen LogP contribution is -2.39. The monoisotopic (exact) mass is 236 g/mol. The quantitative estimate of drug-likeness (QED) is 0.843. The minimum absolute atomic E-state index is 0.0262. The van der Waals surface area contributed by atoms with Gasteiger partial charge in [-0.25, -0.2) is 0 Å². The number of amides is 1. The Morgan fingerprint density at radius 3 is 2.82 bits per heavy atom. The molecule has 0 spiro atoms. The van der Waals surface area contributed by atoms with Crippen LogP contribution < -0.4 is 10.5 Å². The third-order valence-electron chi connectivity index (χ3n) is 2.71. The van der Waals surface area contributed by atoms with Crippen molar-refractivity contribution in [2.45, 2.75) is 19.9 Å². The lowest BCUT2D eigenvalue weighted by molar-refractivity contribution is 0.0748. The van der Waals surface area contributed by atoms with Crippen LogP contribution in [0.1, 0.15) is 24.2 Å². The first-order valence-corrected chi connectivity index (χ1v) is 5.80. The fraction of sp³-hybridized carbons (Fsp3) is 0.462. The lowest BCUT2D eigenvalue weighted by Gasteiger charge is -2.23. The SMILES string of the molecule is CCOc1cccc(C(=O)N(C)C(C)CN)c1. The molecule has 1 atom stereocenters. The molecule has 0 radical (unpaired) electrons. The van der Waals surface area contributed by atoms with Gasteiger partial charge in [0, 0.05) is 25.2 Å². The second kappa shape index (κ2) is 6.25. The summed E-state index contributed by atoms with van der Waals surface area (Å²) in [6, 6.07) is 7.22. The van der Waals surface area contributed by atoms with Gasteiger partial charge in [0.25, 0.3) is 5.91 Å². The number of hydrogen-bond acceptors (Lipinski definition) is 3. The van der Waals surface area contributed by atoms with Crippen LogP contribution >= 0.6 is 0 Å². The van der Waals surface area contributed by atoms with Crippen LogP contribution in [0.2, 0.25) is 0 Å². The van der Waals surface area contributed by atoms with E-state index in [4.69, 9.17) is 10.5 Å². The van der Waals surface area contributed by atoms with Crippen LogP contribution in [-0.4, -0.2) is 37.0 Å². The first kappa shape index (κ1) is 13.5. The fourth-order valence-electron chi connectivity index (χ4n) is 1.45. The Hall–Kier alpha value is -1.55. The van der Waals surface area contributed by atoms with E-state index in [1.165, 1.54) is 0 Å². The summed E-state index contributed by atoms with van der Waals surface area (Å²) in [7, 11) is 1.76. The number of carbonyl (C=O) groups excluding carboxylic acids is 1. The molecule has 0 fully saturated rings. The average Bonchev–Trinajstić information content (AvgIpc) is 2.36. The number of hydrogen-bond donors (Lipinski definition) is 1. The maximum absolute atomic E-state index is 12.1. The lowest BCUT2D eigenvalue weighted by atomic mass is 10.1. The molecule has 0 aliphatic rings. The molecule has 1 aromatic carbocycles. The van der Waals surface area contributed by atoms with Crippen molar-refractivity contribution < 1.29 is 9.53 Å². The van der Waals surface area contributed by atoms with Gasteiger partial charge in [0.2, 0.25) is 0 Å². The van der Waals surface area contributed by atoms with Gasteiger partial charge < -0.3 is 15.4 Å². The maximum Gasteiger partial charge on any atom is 0.254 e. The zero-order valence-electron chi connectivity index (χ0n) is 10.6. The molecule has 0 saturated carbocycles. The van der Waals surface area contributed by atoms with Gasteiger partial charge in [0.1, 0.15) is 5.75 Å². The Kier molecular flexibility index (Phi) is 4.97. The van der Waals surface area contributed by atoms with Gasteiger partial charge >= 0.3 is 0 Å². The van der Waals surface area contributed by atoms with Crippen LogP contribution in [0.3, 0.4) is 0 Å². The molecule has 4 heteroatoms. The largest absolute Gasteiger partial charge is 0.494 e. The number of benzene rings is 1. The highest BCUT2D eigenvalue weighted by molar-refractivity contribution is 5.94. The highest BCUT2D eigenvalue weighted by atomic mass is 16.5. The molecule has 1 amide bonds. The van der Waals surface area contributed by atoms with Gasteiger partial charge in [0.15, 0.2) is 0 Å². The van der Waals surface area contributed by atoms with E-state index in [9.17, 15) is 4.79 Å². The normalized spacial score (nSPS) is 12.0. The summed E-state index contributed by atoms with van der Waals surface area (Å²) in [5.41, 5.74) is 6.17. The number of nitrogens with zero attached hydrogens (tertiary/aromatic N) is 1. The Labute approximate surface area is 102 Å². The number of likely N-dealkylation sites (N-methyl/N-ethyl adjacent to an activating group) is 1. The fourth-order valence-corrected chi connectivity index (χ4v) is 1.45. The highest BCUT2D eigenvalue weighted by Gasteiger charge is 2.16. The maximum atomic E-state index is 12.1. The molecule has 1 aromatic rings. The van der Waals surface area contributed by atoms with E-state index in [1.807, 2.05) is 26.0 Å². The van der Waals surface area contributed by atoms with E-state index in [-0.39, 0.29) is 11.9 Å². The summed E-state index contributed by atoms with van der Waals surface area (Å²) in [5.74, 6) is 0.677. The van der Waals surface area contributed by atoms with Crippen molar-refractivity contribution in [1.82, 2.24) is 4.90 Å². The van der Waals surface area contributed by atoms with Crippen LogP contribution in [0, 0.1) is 0 Å². The second-order valence-electron chi connectivity index (χ2n) is 3.96. The van der Waals surface area contributed by atoms with Crippen LogP contribution in [-0.2, 0) is 0 Å². The van der Waals surface area contributed by atoms with Gasteiger partial charge in [-0.3, -0.25) is 4.79 Å². The van der Waals surface area contributed by atoms with Crippen molar-refractivity contribution in [3.8, 4) is 5.75 Å². The highest BCUT2D eigenvalue weighted by Crippen LogP contribution is 2.15. The average molecular weight is 236 g/mol. The standard InChI is InChI=1S/C13H20N2O2/c1-4-17-12-7-5-6-11(8-12)13(16)15(3)10(2)9-14/h5-8,10H,4,9,14H2,1-3H3. The summed E-state index contributed by atoms with van der Waals surface area (Å²) >= 11 is 0. The number of rotatable bonds is 5. The number of nitrogens with two attached hydrogens (primary N) is 1. The molecule has 0 aliphatic heterocycles. The molecule has 0 aliphatic carbocycles.